The number of aliphatic hydroxyl groups excluding tert-OH is 1. The van der Waals surface area contributed by atoms with Gasteiger partial charge >= 0.3 is 6.01 Å². The molecular weight excluding hydrogens is 484 g/mol. The van der Waals surface area contributed by atoms with E-state index in [1.54, 1.807) is 12.3 Å². The van der Waals surface area contributed by atoms with Gasteiger partial charge in [-0.3, -0.25) is 0 Å². The van der Waals surface area contributed by atoms with Gasteiger partial charge in [0, 0.05) is 21.7 Å². The third-order valence-electron chi connectivity index (χ3n) is 3.76. The second-order valence-corrected chi connectivity index (χ2v) is 7.59. The first-order valence-corrected chi connectivity index (χ1v) is 9.79. The number of anilines is 3. The summed E-state index contributed by atoms with van der Waals surface area (Å²) >= 11 is 3.36. The minimum Gasteiger partial charge on any atom is -0.403 e. The van der Waals surface area contributed by atoms with Crippen molar-refractivity contribution in [2.24, 2.45) is 0 Å². The van der Waals surface area contributed by atoms with Crippen LogP contribution in [0.25, 0.3) is 21.5 Å². The van der Waals surface area contributed by atoms with Crippen LogP contribution in [-0.4, -0.2) is 32.8 Å². The molecule has 2 aromatic heterocycles. The molecule has 2 aromatic carbocycles. The Morgan fingerprint density at radius 2 is 2.11 bits per heavy atom. The average molecular weight is 497 g/mol. The monoisotopic (exact) mass is 497 g/mol. The molecule has 0 radical (unpaired) electrons. The molecule has 3 N–H and O–H groups in total. The van der Waals surface area contributed by atoms with Crippen molar-refractivity contribution in [3.8, 4) is 11.5 Å². The Bertz CT molecular complexity index is 1100. The molecule has 0 amide bonds. The Morgan fingerprint density at radius 1 is 1.22 bits per heavy atom. The first-order chi connectivity index (χ1) is 13.2. The number of aromatic nitrogens is 3. The van der Waals surface area contributed by atoms with Gasteiger partial charge in [0.15, 0.2) is 0 Å². The molecule has 7 nitrogen and oxygen atoms in total. The molecule has 0 atom stereocenters. The van der Waals surface area contributed by atoms with Crippen molar-refractivity contribution in [2.75, 3.05) is 23.8 Å². The molecule has 0 unspecified atom stereocenters. The van der Waals surface area contributed by atoms with Gasteiger partial charge in [0.05, 0.1) is 28.2 Å². The van der Waals surface area contributed by atoms with Crippen LogP contribution < -0.4 is 10.6 Å². The number of nitrogens with one attached hydrogen (secondary N) is 2. The van der Waals surface area contributed by atoms with Crippen LogP contribution in [0.2, 0.25) is 0 Å². The summed E-state index contributed by atoms with van der Waals surface area (Å²) in [5, 5.41) is 23.8. The molecule has 0 saturated carbocycles. The Kier molecular flexibility index (Phi) is 5.18. The van der Waals surface area contributed by atoms with Crippen LogP contribution in [-0.2, 0) is 0 Å². The SMILES string of the molecule is OCCNc1nnc(-c2ccc3cnsc3c2Nc2ccc(I)cc2F)o1. The van der Waals surface area contributed by atoms with E-state index in [1.165, 1.54) is 17.6 Å². The molecule has 0 saturated heterocycles. The summed E-state index contributed by atoms with van der Waals surface area (Å²) in [7, 11) is 0. The van der Waals surface area contributed by atoms with E-state index >= 15 is 0 Å². The maximum Gasteiger partial charge on any atom is 0.315 e. The van der Waals surface area contributed by atoms with Crippen LogP contribution >= 0.6 is 34.1 Å². The summed E-state index contributed by atoms with van der Waals surface area (Å²) in [5.74, 6) is -0.0793. The molecule has 10 heteroatoms. The maximum atomic E-state index is 14.4. The quantitative estimate of drug-likeness (QED) is 0.343. The van der Waals surface area contributed by atoms with E-state index in [2.05, 4.69) is 47.8 Å². The molecule has 0 aliphatic heterocycles. The van der Waals surface area contributed by atoms with Crippen LogP contribution in [0.15, 0.2) is 40.9 Å². The Balaban J connectivity index is 1.79. The fraction of sp³-hybridized carbons (Fsp3) is 0.118. The van der Waals surface area contributed by atoms with E-state index < -0.39 is 0 Å². The maximum absolute atomic E-state index is 14.4. The van der Waals surface area contributed by atoms with Gasteiger partial charge in [0.25, 0.3) is 5.89 Å². The third-order valence-corrected chi connectivity index (χ3v) is 5.26. The Labute approximate surface area is 170 Å². The summed E-state index contributed by atoms with van der Waals surface area (Å²) in [4.78, 5) is 0. The smallest absolute Gasteiger partial charge is 0.315 e. The number of halogens is 2. The highest BCUT2D eigenvalue weighted by atomic mass is 127. The number of rotatable bonds is 6. The van der Waals surface area contributed by atoms with Gasteiger partial charge < -0.3 is 20.2 Å². The highest BCUT2D eigenvalue weighted by molar-refractivity contribution is 14.1. The molecule has 27 heavy (non-hydrogen) atoms. The zero-order chi connectivity index (χ0) is 18.8. The first kappa shape index (κ1) is 18.1. The molecule has 0 aliphatic carbocycles. The van der Waals surface area contributed by atoms with Crippen molar-refractivity contribution in [1.29, 1.82) is 0 Å². The lowest BCUT2D eigenvalue weighted by Gasteiger charge is -2.12. The van der Waals surface area contributed by atoms with Crippen molar-refractivity contribution in [1.82, 2.24) is 14.6 Å². The number of fused-ring (bicyclic) bond motifs is 1. The topological polar surface area (TPSA) is 96.1 Å². The minimum atomic E-state index is -0.356. The Hall–Kier alpha value is -2.31. The van der Waals surface area contributed by atoms with Crippen LogP contribution in [0, 0.1) is 9.39 Å². The molecule has 138 valence electrons. The molecule has 0 spiro atoms. The fourth-order valence-electron chi connectivity index (χ4n) is 2.53. The second-order valence-electron chi connectivity index (χ2n) is 5.54. The van der Waals surface area contributed by atoms with E-state index in [0.29, 0.717) is 23.5 Å². The average Bonchev–Trinajstić information content (AvgIpc) is 3.31. The van der Waals surface area contributed by atoms with Crippen molar-refractivity contribution in [2.45, 2.75) is 0 Å². The van der Waals surface area contributed by atoms with E-state index in [4.69, 9.17) is 9.52 Å². The summed E-state index contributed by atoms with van der Waals surface area (Å²) < 4.78 is 25.9. The van der Waals surface area contributed by atoms with Crippen molar-refractivity contribution in [3.63, 3.8) is 0 Å². The van der Waals surface area contributed by atoms with Gasteiger partial charge in [0.1, 0.15) is 5.82 Å². The lowest BCUT2D eigenvalue weighted by atomic mass is 10.1. The highest BCUT2D eigenvalue weighted by Crippen LogP contribution is 2.39. The molecule has 0 fully saturated rings. The predicted octanol–water partition coefficient (Wildman–Crippen LogP) is 4.24. The zero-order valence-corrected chi connectivity index (χ0v) is 16.7. The summed E-state index contributed by atoms with van der Waals surface area (Å²) in [6.07, 6.45) is 1.75. The molecular formula is C17H13FIN5O2S. The first-order valence-electron chi connectivity index (χ1n) is 7.94. The highest BCUT2D eigenvalue weighted by Gasteiger charge is 2.18. The summed E-state index contributed by atoms with van der Waals surface area (Å²) in [5.41, 5.74) is 1.62. The number of benzene rings is 2. The molecule has 4 aromatic rings. The number of hydrogen-bond donors (Lipinski definition) is 3. The number of nitrogens with zero attached hydrogens (tertiary/aromatic N) is 3. The van der Waals surface area contributed by atoms with Gasteiger partial charge in [-0.15, -0.1) is 5.10 Å². The van der Waals surface area contributed by atoms with Crippen molar-refractivity contribution in [3.05, 3.63) is 45.9 Å². The van der Waals surface area contributed by atoms with E-state index in [-0.39, 0.29) is 24.3 Å². The van der Waals surface area contributed by atoms with E-state index in [1.807, 2.05) is 18.2 Å². The second kappa shape index (κ2) is 7.74. The van der Waals surface area contributed by atoms with Gasteiger partial charge in [-0.25, -0.2) is 4.39 Å². The van der Waals surface area contributed by atoms with E-state index in [0.717, 1.165) is 13.7 Å². The summed E-state index contributed by atoms with van der Waals surface area (Å²) in [6, 6.07) is 8.89. The van der Waals surface area contributed by atoms with Crippen LogP contribution in [0.1, 0.15) is 0 Å². The molecule has 0 bridgehead atoms. The minimum absolute atomic E-state index is 0.0522. The number of hydrogen-bond acceptors (Lipinski definition) is 8. The van der Waals surface area contributed by atoms with Crippen LogP contribution in [0.4, 0.5) is 21.8 Å². The Morgan fingerprint density at radius 3 is 2.93 bits per heavy atom. The van der Waals surface area contributed by atoms with Gasteiger partial charge in [-0.1, -0.05) is 11.2 Å². The fourth-order valence-corrected chi connectivity index (χ4v) is 3.73. The summed E-state index contributed by atoms with van der Waals surface area (Å²) in [6.45, 7) is 0.248. The van der Waals surface area contributed by atoms with Crippen molar-refractivity contribution >= 4 is 61.6 Å². The zero-order valence-electron chi connectivity index (χ0n) is 13.7. The number of aliphatic hydroxyl groups is 1. The largest absolute Gasteiger partial charge is 0.403 e. The van der Waals surface area contributed by atoms with E-state index in [9.17, 15) is 4.39 Å². The van der Waals surface area contributed by atoms with Crippen LogP contribution in [0.5, 0.6) is 0 Å². The third kappa shape index (κ3) is 3.73. The predicted molar refractivity (Wildman–Crippen MR) is 111 cm³/mol. The van der Waals surface area contributed by atoms with Crippen LogP contribution in [0.3, 0.4) is 0 Å². The van der Waals surface area contributed by atoms with Crippen molar-refractivity contribution < 1.29 is 13.9 Å². The normalized spacial score (nSPS) is 11.1. The van der Waals surface area contributed by atoms with Gasteiger partial charge in [0.2, 0.25) is 0 Å². The lowest BCUT2D eigenvalue weighted by Crippen LogP contribution is -2.05. The molecule has 4 rings (SSSR count). The standard InChI is InChI=1S/C17H13FIN5O2S/c18-12-7-10(19)2-4-13(12)22-14-11(3-1-9-8-21-27-15(9)14)16-23-24-17(26-16)20-5-6-25/h1-4,7-8,22,25H,5-6H2,(H,20,24). The lowest BCUT2D eigenvalue weighted by molar-refractivity contribution is 0.309. The molecule has 0 aliphatic rings. The van der Waals surface area contributed by atoms with Gasteiger partial charge in [-0.05, 0) is 58.4 Å². The van der Waals surface area contributed by atoms with Gasteiger partial charge in [-0.2, -0.15) is 4.37 Å². The molecule has 2 heterocycles.